The fourth-order valence-corrected chi connectivity index (χ4v) is 3.42. The first-order chi connectivity index (χ1) is 12.9. The molecule has 5 nitrogen and oxygen atoms in total. The minimum atomic E-state index is -3.89. The molecule has 0 aliphatic rings. The number of aryl methyl sites for hydroxylation is 1. The highest BCUT2D eigenvalue weighted by Gasteiger charge is 2.17. The summed E-state index contributed by atoms with van der Waals surface area (Å²) in [5, 5.41) is 0. The molecule has 0 aliphatic carbocycles. The van der Waals surface area contributed by atoms with Crippen molar-refractivity contribution in [3.63, 3.8) is 0 Å². The first kappa shape index (κ1) is 18.7. The second kappa shape index (κ2) is 7.67. The topological polar surface area (TPSA) is 64.6 Å². The van der Waals surface area contributed by atoms with Crippen LogP contribution >= 0.6 is 0 Å². The number of benzene rings is 3. The predicted molar refractivity (Wildman–Crippen MR) is 101 cm³/mol. The number of ether oxygens (including phenoxy) is 2. The Hall–Kier alpha value is -3.06. The van der Waals surface area contributed by atoms with E-state index in [1.165, 1.54) is 24.3 Å². The van der Waals surface area contributed by atoms with Crippen LogP contribution in [0.4, 0.5) is 10.1 Å². The lowest BCUT2D eigenvalue weighted by molar-refractivity contribution is 0.413. The van der Waals surface area contributed by atoms with Gasteiger partial charge in [0.25, 0.3) is 10.0 Å². The first-order valence-electron chi connectivity index (χ1n) is 8.08. The summed E-state index contributed by atoms with van der Waals surface area (Å²) in [6.45, 7) is 1.86. The third kappa shape index (κ3) is 4.57. The average Bonchev–Trinajstić information content (AvgIpc) is 2.64. The molecule has 0 fully saturated rings. The number of rotatable bonds is 6. The Morgan fingerprint density at radius 1 is 0.889 bits per heavy atom. The summed E-state index contributed by atoms with van der Waals surface area (Å²) in [4.78, 5) is 0.0766. The standard InChI is InChI=1S/C20H18FNO4S/c1-14-3-10-18(11-4-14)27(23,24)22-19-13-15(21)5-12-20(19)26-17-8-6-16(25-2)7-9-17/h3-13,22H,1-2H3. The Morgan fingerprint density at radius 2 is 1.52 bits per heavy atom. The van der Waals surface area contributed by atoms with Crippen LogP contribution in [0.5, 0.6) is 17.2 Å². The Bertz CT molecular complexity index is 1030. The van der Waals surface area contributed by atoms with Gasteiger partial charge in [0, 0.05) is 6.07 Å². The molecule has 0 atom stereocenters. The summed E-state index contributed by atoms with van der Waals surface area (Å²) in [6, 6.07) is 16.7. The zero-order valence-electron chi connectivity index (χ0n) is 14.8. The highest BCUT2D eigenvalue weighted by atomic mass is 32.2. The second-order valence-corrected chi connectivity index (χ2v) is 7.52. The normalized spacial score (nSPS) is 11.1. The van der Waals surface area contributed by atoms with Gasteiger partial charge >= 0.3 is 0 Å². The van der Waals surface area contributed by atoms with Crippen LogP contribution in [0.25, 0.3) is 0 Å². The van der Waals surface area contributed by atoms with Crippen molar-refractivity contribution < 1.29 is 22.3 Å². The predicted octanol–water partition coefficient (Wildman–Crippen LogP) is 4.74. The molecule has 0 aliphatic heterocycles. The molecular formula is C20H18FNO4S. The largest absolute Gasteiger partial charge is 0.497 e. The smallest absolute Gasteiger partial charge is 0.262 e. The van der Waals surface area contributed by atoms with E-state index in [-0.39, 0.29) is 16.3 Å². The molecule has 0 aromatic heterocycles. The summed E-state index contributed by atoms with van der Waals surface area (Å²) in [7, 11) is -2.34. The Labute approximate surface area is 157 Å². The van der Waals surface area contributed by atoms with Crippen molar-refractivity contribution >= 4 is 15.7 Å². The van der Waals surface area contributed by atoms with E-state index < -0.39 is 15.8 Å². The van der Waals surface area contributed by atoms with E-state index in [0.29, 0.717) is 11.5 Å². The molecule has 140 valence electrons. The van der Waals surface area contributed by atoms with Crippen LogP contribution in [0, 0.1) is 12.7 Å². The molecule has 1 N–H and O–H groups in total. The molecular weight excluding hydrogens is 369 g/mol. The van der Waals surface area contributed by atoms with Gasteiger partial charge in [-0.3, -0.25) is 4.72 Å². The van der Waals surface area contributed by atoms with E-state index in [1.54, 1.807) is 43.5 Å². The zero-order valence-corrected chi connectivity index (χ0v) is 15.6. The Balaban J connectivity index is 1.90. The first-order valence-corrected chi connectivity index (χ1v) is 9.57. The van der Waals surface area contributed by atoms with Gasteiger partial charge in [-0.2, -0.15) is 0 Å². The van der Waals surface area contributed by atoms with Crippen molar-refractivity contribution in [3.05, 3.63) is 78.1 Å². The zero-order chi connectivity index (χ0) is 19.4. The molecule has 0 spiro atoms. The second-order valence-electron chi connectivity index (χ2n) is 5.84. The molecule has 3 rings (SSSR count). The van der Waals surface area contributed by atoms with Gasteiger partial charge in [-0.25, -0.2) is 12.8 Å². The monoisotopic (exact) mass is 387 g/mol. The van der Waals surface area contributed by atoms with Crippen LogP contribution in [-0.2, 0) is 10.0 Å². The molecule has 27 heavy (non-hydrogen) atoms. The van der Waals surface area contributed by atoms with Gasteiger partial charge < -0.3 is 9.47 Å². The van der Waals surface area contributed by atoms with Crippen molar-refractivity contribution in [1.82, 2.24) is 0 Å². The molecule has 7 heteroatoms. The quantitative estimate of drug-likeness (QED) is 0.664. The van der Waals surface area contributed by atoms with Crippen molar-refractivity contribution in [2.45, 2.75) is 11.8 Å². The van der Waals surface area contributed by atoms with E-state index in [0.717, 1.165) is 11.6 Å². The van der Waals surface area contributed by atoms with E-state index in [4.69, 9.17) is 9.47 Å². The summed E-state index contributed by atoms with van der Waals surface area (Å²) < 4.78 is 52.1. The minimum absolute atomic E-state index is 0.00592. The van der Waals surface area contributed by atoms with Crippen LogP contribution in [0.1, 0.15) is 5.56 Å². The fourth-order valence-electron chi connectivity index (χ4n) is 2.36. The summed E-state index contributed by atoms with van der Waals surface area (Å²) in [6.07, 6.45) is 0. The summed E-state index contributed by atoms with van der Waals surface area (Å²) in [5.74, 6) is 0.705. The molecule has 3 aromatic rings. The van der Waals surface area contributed by atoms with Crippen molar-refractivity contribution in [2.75, 3.05) is 11.8 Å². The van der Waals surface area contributed by atoms with Gasteiger partial charge in [-0.1, -0.05) is 17.7 Å². The molecule has 0 saturated carbocycles. The Kier molecular flexibility index (Phi) is 5.32. The van der Waals surface area contributed by atoms with E-state index in [2.05, 4.69) is 4.72 Å². The number of hydrogen-bond acceptors (Lipinski definition) is 4. The maximum Gasteiger partial charge on any atom is 0.262 e. The van der Waals surface area contributed by atoms with Gasteiger partial charge in [0.15, 0.2) is 5.75 Å². The van der Waals surface area contributed by atoms with Crippen molar-refractivity contribution in [3.8, 4) is 17.2 Å². The fraction of sp³-hybridized carbons (Fsp3) is 0.100. The minimum Gasteiger partial charge on any atom is -0.497 e. The molecule has 0 unspecified atom stereocenters. The summed E-state index contributed by atoms with van der Waals surface area (Å²) in [5.41, 5.74) is 0.939. The number of methoxy groups -OCH3 is 1. The third-order valence-electron chi connectivity index (χ3n) is 3.80. The lowest BCUT2D eigenvalue weighted by Crippen LogP contribution is -2.13. The van der Waals surface area contributed by atoms with Crippen LogP contribution < -0.4 is 14.2 Å². The van der Waals surface area contributed by atoms with Gasteiger partial charge in [-0.05, 0) is 55.5 Å². The van der Waals surface area contributed by atoms with Crippen LogP contribution in [0.2, 0.25) is 0 Å². The lowest BCUT2D eigenvalue weighted by Gasteiger charge is -2.14. The van der Waals surface area contributed by atoms with E-state index >= 15 is 0 Å². The number of sulfonamides is 1. The van der Waals surface area contributed by atoms with Gasteiger partial charge in [0.1, 0.15) is 17.3 Å². The number of halogens is 1. The number of hydrogen-bond donors (Lipinski definition) is 1. The third-order valence-corrected chi connectivity index (χ3v) is 5.19. The average molecular weight is 387 g/mol. The number of anilines is 1. The van der Waals surface area contributed by atoms with Gasteiger partial charge in [0.2, 0.25) is 0 Å². The molecule has 0 bridgehead atoms. The van der Waals surface area contributed by atoms with E-state index in [1.807, 2.05) is 6.92 Å². The van der Waals surface area contributed by atoms with Crippen molar-refractivity contribution in [1.29, 1.82) is 0 Å². The van der Waals surface area contributed by atoms with Crippen LogP contribution in [0.3, 0.4) is 0 Å². The molecule has 3 aromatic carbocycles. The van der Waals surface area contributed by atoms with Crippen molar-refractivity contribution in [2.24, 2.45) is 0 Å². The van der Waals surface area contributed by atoms with Crippen LogP contribution in [-0.4, -0.2) is 15.5 Å². The summed E-state index contributed by atoms with van der Waals surface area (Å²) >= 11 is 0. The maximum atomic E-state index is 13.7. The molecule has 0 amide bonds. The Morgan fingerprint density at radius 3 is 2.15 bits per heavy atom. The van der Waals surface area contributed by atoms with Gasteiger partial charge in [-0.15, -0.1) is 0 Å². The number of nitrogens with one attached hydrogen (secondary N) is 1. The van der Waals surface area contributed by atoms with Crippen LogP contribution in [0.15, 0.2) is 71.6 Å². The molecule has 0 radical (unpaired) electrons. The maximum absolute atomic E-state index is 13.7. The SMILES string of the molecule is COc1ccc(Oc2ccc(F)cc2NS(=O)(=O)c2ccc(C)cc2)cc1. The van der Waals surface area contributed by atoms with E-state index in [9.17, 15) is 12.8 Å². The highest BCUT2D eigenvalue weighted by Crippen LogP contribution is 2.32. The molecule has 0 saturated heterocycles. The molecule has 0 heterocycles. The highest BCUT2D eigenvalue weighted by molar-refractivity contribution is 7.92. The van der Waals surface area contributed by atoms with Gasteiger partial charge in [0.05, 0.1) is 17.7 Å². The lowest BCUT2D eigenvalue weighted by atomic mass is 10.2.